The van der Waals surface area contributed by atoms with Crippen molar-refractivity contribution in [2.24, 2.45) is 5.92 Å². The highest BCUT2D eigenvalue weighted by Crippen LogP contribution is 2.27. The predicted molar refractivity (Wildman–Crippen MR) is 125 cm³/mol. The van der Waals surface area contributed by atoms with Gasteiger partial charge in [-0.05, 0) is 58.4 Å². The molecular formula is C24H33N5O4. The summed E-state index contributed by atoms with van der Waals surface area (Å²) in [5.74, 6) is -1.05. The van der Waals surface area contributed by atoms with Crippen molar-refractivity contribution < 1.29 is 14.7 Å². The van der Waals surface area contributed by atoms with E-state index in [0.717, 1.165) is 25.7 Å². The maximum absolute atomic E-state index is 13.4. The molecule has 3 heterocycles. The standard InChI is InChI=1S/C24H33N5O4/c1-13(2)12-27-22-18(10-11-19(30)28-14(3)6-7-15(28)4)16(5)26-29(22)24(33)20(23(27)32)21(31)25-17-8-9-17/h10-11,13-15,17,33H,6-9,12H2,1-5H3,(H,25,31)/b11-10+/t14-,15+. The molecule has 0 radical (unpaired) electrons. The number of amides is 2. The first-order valence-electron chi connectivity index (χ1n) is 11.8. The number of aromatic hydroxyl groups is 1. The number of hydrogen-bond acceptors (Lipinski definition) is 5. The Morgan fingerprint density at radius 2 is 1.82 bits per heavy atom. The number of nitrogens with one attached hydrogen (secondary N) is 1. The summed E-state index contributed by atoms with van der Waals surface area (Å²) in [6.45, 7) is 10.1. The third-order valence-corrected chi connectivity index (χ3v) is 6.51. The van der Waals surface area contributed by atoms with E-state index in [4.69, 9.17) is 0 Å². The number of hydrogen-bond donors (Lipinski definition) is 2. The number of rotatable bonds is 6. The second-order valence-electron chi connectivity index (χ2n) is 9.84. The molecule has 2 N–H and O–H groups in total. The SMILES string of the molecule is Cc1nn2c(O)c(C(=O)NC3CC3)c(=O)n(CC(C)C)c2c1/C=C/C(=O)N1[C@H](C)CC[C@@H]1C. The number of carbonyl (C=O) groups excluding carboxylic acids is 2. The first-order chi connectivity index (χ1) is 15.6. The molecule has 9 nitrogen and oxygen atoms in total. The van der Waals surface area contributed by atoms with Crippen LogP contribution in [0.1, 0.15) is 75.0 Å². The van der Waals surface area contributed by atoms with Crippen LogP contribution in [-0.4, -0.2) is 54.1 Å². The number of likely N-dealkylation sites (tertiary alicyclic amines) is 1. The Labute approximate surface area is 193 Å². The van der Waals surface area contributed by atoms with Crippen molar-refractivity contribution in [3.05, 3.63) is 33.3 Å². The zero-order chi connectivity index (χ0) is 24.0. The molecule has 2 amide bonds. The maximum atomic E-state index is 13.4. The molecule has 2 fully saturated rings. The summed E-state index contributed by atoms with van der Waals surface area (Å²) in [4.78, 5) is 40.9. The molecule has 1 aliphatic carbocycles. The lowest BCUT2D eigenvalue weighted by atomic mass is 10.1. The fourth-order valence-electron chi connectivity index (χ4n) is 4.65. The van der Waals surface area contributed by atoms with Crippen molar-refractivity contribution in [1.29, 1.82) is 0 Å². The molecule has 0 unspecified atom stereocenters. The number of nitrogens with zero attached hydrogens (tertiary/aromatic N) is 4. The molecule has 2 aromatic heterocycles. The fourth-order valence-corrected chi connectivity index (χ4v) is 4.65. The molecule has 0 spiro atoms. The summed E-state index contributed by atoms with van der Waals surface area (Å²) in [5, 5.41) is 18.1. The molecule has 0 bridgehead atoms. The van der Waals surface area contributed by atoms with Crippen molar-refractivity contribution in [3.63, 3.8) is 0 Å². The lowest BCUT2D eigenvalue weighted by Crippen LogP contribution is -2.37. The zero-order valence-electron chi connectivity index (χ0n) is 20.0. The molecule has 4 rings (SSSR count). The van der Waals surface area contributed by atoms with Gasteiger partial charge in [0.2, 0.25) is 11.8 Å². The van der Waals surface area contributed by atoms with Crippen LogP contribution >= 0.6 is 0 Å². The molecule has 0 aromatic carbocycles. The van der Waals surface area contributed by atoms with Crippen LogP contribution in [0.25, 0.3) is 11.7 Å². The van der Waals surface area contributed by atoms with Gasteiger partial charge in [-0.25, -0.2) is 0 Å². The summed E-state index contributed by atoms with van der Waals surface area (Å²) >= 11 is 0. The van der Waals surface area contributed by atoms with Gasteiger partial charge in [0.25, 0.3) is 11.5 Å². The second-order valence-corrected chi connectivity index (χ2v) is 9.84. The highest BCUT2D eigenvalue weighted by Gasteiger charge is 2.31. The van der Waals surface area contributed by atoms with E-state index in [1.807, 2.05) is 32.6 Å². The van der Waals surface area contributed by atoms with Crippen molar-refractivity contribution in [1.82, 2.24) is 24.4 Å². The minimum Gasteiger partial charge on any atom is -0.492 e. The van der Waals surface area contributed by atoms with Gasteiger partial charge in [-0.3, -0.25) is 19.0 Å². The van der Waals surface area contributed by atoms with Crippen LogP contribution in [0.15, 0.2) is 10.9 Å². The van der Waals surface area contributed by atoms with Gasteiger partial charge in [-0.1, -0.05) is 13.8 Å². The van der Waals surface area contributed by atoms with E-state index in [1.165, 1.54) is 15.2 Å². The van der Waals surface area contributed by atoms with Crippen LogP contribution in [0.4, 0.5) is 0 Å². The van der Waals surface area contributed by atoms with E-state index in [-0.39, 0.29) is 35.5 Å². The topological polar surface area (TPSA) is 109 Å². The zero-order valence-corrected chi connectivity index (χ0v) is 20.0. The number of fused-ring (bicyclic) bond motifs is 1. The molecule has 2 atom stereocenters. The van der Waals surface area contributed by atoms with Gasteiger partial charge < -0.3 is 15.3 Å². The Kier molecular flexibility index (Phi) is 6.07. The predicted octanol–water partition coefficient (Wildman–Crippen LogP) is 2.47. The normalized spacial score (nSPS) is 21.0. The third kappa shape index (κ3) is 4.28. The largest absolute Gasteiger partial charge is 0.492 e. The molecule has 178 valence electrons. The smallest absolute Gasteiger partial charge is 0.270 e. The molecule has 2 aromatic rings. The van der Waals surface area contributed by atoms with Gasteiger partial charge in [0.05, 0.1) is 5.69 Å². The summed E-state index contributed by atoms with van der Waals surface area (Å²) in [6.07, 6.45) is 6.86. The Morgan fingerprint density at radius 3 is 2.39 bits per heavy atom. The number of aryl methyl sites for hydroxylation is 1. The van der Waals surface area contributed by atoms with Crippen LogP contribution in [-0.2, 0) is 11.3 Å². The molecule has 9 heteroatoms. The van der Waals surface area contributed by atoms with Crippen LogP contribution in [0.3, 0.4) is 0 Å². The van der Waals surface area contributed by atoms with E-state index in [0.29, 0.717) is 23.4 Å². The minimum absolute atomic E-state index is 0.0461. The van der Waals surface area contributed by atoms with Gasteiger partial charge in [-0.2, -0.15) is 9.61 Å². The molecule has 1 saturated heterocycles. The second kappa shape index (κ2) is 8.68. The average Bonchev–Trinajstić information content (AvgIpc) is 3.39. The van der Waals surface area contributed by atoms with E-state index < -0.39 is 17.3 Å². The fraction of sp³-hybridized carbons (Fsp3) is 0.583. The summed E-state index contributed by atoms with van der Waals surface area (Å²) in [6, 6.07) is 0.403. The molecule has 1 aliphatic heterocycles. The summed E-state index contributed by atoms with van der Waals surface area (Å²) in [5.41, 5.74) is 0.634. The number of aromatic nitrogens is 3. The van der Waals surface area contributed by atoms with Crippen molar-refractivity contribution in [2.45, 2.75) is 85.0 Å². The Morgan fingerprint density at radius 1 is 1.18 bits per heavy atom. The van der Waals surface area contributed by atoms with Crippen LogP contribution in [0, 0.1) is 12.8 Å². The number of carbonyl (C=O) groups is 2. The molecule has 1 saturated carbocycles. The van der Waals surface area contributed by atoms with Gasteiger partial charge in [0, 0.05) is 36.3 Å². The van der Waals surface area contributed by atoms with Gasteiger partial charge in [0.15, 0.2) is 5.56 Å². The van der Waals surface area contributed by atoms with E-state index in [1.54, 1.807) is 13.0 Å². The van der Waals surface area contributed by atoms with Crippen LogP contribution in [0.5, 0.6) is 5.88 Å². The van der Waals surface area contributed by atoms with Crippen LogP contribution in [0.2, 0.25) is 0 Å². The minimum atomic E-state index is -0.586. The quantitative estimate of drug-likeness (QED) is 0.651. The molecule has 33 heavy (non-hydrogen) atoms. The highest BCUT2D eigenvalue weighted by molar-refractivity contribution is 5.97. The Bertz CT molecular complexity index is 1180. The first kappa shape index (κ1) is 23.1. The maximum Gasteiger partial charge on any atom is 0.270 e. The van der Waals surface area contributed by atoms with Crippen molar-refractivity contribution >= 4 is 23.5 Å². The van der Waals surface area contributed by atoms with Gasteiger partial charge in [-0.15, -0.1) is 0 Å². The average molecular weight is 456 g/mol. The van der Waals surface area contributed by atoms with Gasteiger partial charge in [0.1, 0.15) is 5.65 Å². The van der Waals surface area contributed by atoms with E-state index in [2.05, 4.69) is 10.4 Å². The third-order valence-electron chi connectivity index (χ3n) is 6.51. The first-order valence-corrected chi connectivity index (χ1v) is 11.8. The lowest BCUT2D eigenvalue weighted by molar-refractivity contribution is -0.128. The lowest BCUT2D eigenvalue weighted by Gasteiger charge is -2.24. The Hall–Kier alpha value is -3.10. The summed E-state index contributed by atoms with van der Waals surface area (Å²) < 4.78 is 2.73. The summed E-state index contributed by atoms with van der Waals surface area (Å²) in [7, 11) is 0. The Balaban J connectivity index is 1.82. The molecular weight excluding hydrogens is 422 g/mol. The van der Waals surface area contributed by atoms with E-state index in [9.17, 15) is 19.5 Å². The van der Waals surface area contributed by atoms with Crippen molar-refractivity contribution in [2.75, 3.05) is 0 Å². The monoisotopic (exact) mass is 455 g/mol. The highest BCUT2D eigenvalue weighted by atomic mass is 16.3. The van der Waals surface area contributed by atoms with Crippen LogP contribution < -0.4 is 10.9 Å². The van der Waals surface area contributed by atoms with E-state index >= 15 is 0 Å². The molecule has 2 aliphatic rings. The van der Waals surface area contributed by atoms with Crippen molar-refractivity contribution in [3.8, 4) is 5.88 Å². The van der Waals surface area contributed by atoms with Gasteiger partial charge >= 0.3 is 0 Å².